The van der Waals surface area contributed by atoms with E-state index in [0.717, 1.165) is 48.6 Å². The molecule has 2 saturated carbocycles. The Morgan fingerprint density at radius 3 is 2.19 bits per heavy atom. The summed E-state index contributed by atoms with van der Waals surface area (Å²) in [5.74, 6) is 0.429. The minimum atomic E-state index is -1.25. The Bertz CT molecular complexity index is 2140. The SMILES string of the molecule is C=C(CC1CCC(COc2cc3nccc(Cc4ccc(NC(=O)C5(C(=O)Nc6ccc(F)cc6)CC5)cc4F)c3cc2OC)CC1)c1ccccc1.[HH].[HH]. The number of amides is 2. The van der Waals surface area contributed by atoms with Gasteiger partial charge >= 0.3 is 0 Å². The van der Waals surface area contributed by atoms with Gasteiger partial charge in [-0.05, 0) is 128 Å². The van der Waals surface area contributed by atoms with E-state index in [1.807, 2.05) is 24.3 Å². The first kappa shape index (κ1) is 35.8. The first-order valence-electron chi connectivity index (χ1n) is 18.2. The van der Waals surface area contributed by atoms with Crippen molar-refractivity contribution in [3.8, 4) is 11.5 Å². The fraction of sp³-hybridized carbons (Fsp3) is 0.295. The molecule has 276 valence electrons. The molecule has 2 aliphatic rings. The molecule has 2 aliphatic carbocycles. The maximum Gasteiger partial charge on any atom is 0.240 e. The molecule has 1 aromatic heterocycles. The van der Waals surface area contributed by atoms with E-state index in [2.05, 4.69) is 46.5 Å². The number of allylic oxidation sites excluding steroid dienone is 1. The Hall–Kier alpha value is -5.57. The van der Waals surface area contributed by atoms with E-state index in [0.29, 0.717) is 54.0 Å². The van der Waals surface area contributed by atoms with Gasteiger partial charge in [0.15, 0.2) is 11.5 Å². The average molecular weight is 720 g/mol. The van der Waals surface area contributed by atoms with Gasteiger partial charge in [-0.2, -0.15) is 0 Å². The lowest BCUT2D eigenvalue weighted by atomic mass is 9.79. The van der Waals surface area contributed by atoms with Gasteiger partial charge in [0.1, 0.15) is 17.0 Å². The van der Waals surface area contributed by atoms with Crippen molar-refractivity contribution >= 4 is 39.7 Å². The number of nitrogens with zero attached hydrogens (tertiary/aromatic N) is 1. The van der Waals surface area contributed by atoms with E-state index in [1.165, 1.54) is 41.5 Å². The Morgan fingerprint density at radius 1 is 0.830 bits per heavy atom. The van der Waals surface area contributed by atoms with Gasteiger partial charge in [-0.3, -0.25) is 14.6 Å². The minimum absolute atomic E-state index is 0. The summed E-state index contributed by atoms with van der Waals surface area (Å²) in [7, 11) is 1.61. The molecule has 4 aromatic carbocycles. The Balaban J connectivity index is 0.00000290. The van der Waals surface area contributed by atoms with Gasteiger partial charge in [0.05, 0.1) is 19.2 Å². The predicted octanol–water partition coefficient (Wildman–Crippen LogP) is 10.3. The van der Waals surface area contributed by atoms with Gasteiger partial charge in [-0.15, -0.1) is 0 Å². The maximum absolute atomic E-state index is 15.5. The van der Waals surface area contributed by atoms with E-state index < -0.39 is 28.9 Å². The molecular formula is C44H47F2N3O4. The highest BCUT2D eigenvalue weighted by Gasteiger charge is 2.56. The van der Waals surface area contributed by atoms with Crippen molar-refractivity contribution in [2.45, 2.75) is 51.4 Å². The van der Waals surface area contributed by atoms with Crippen LogP contribution in [0.15, 0.2) is 104 Å². The van der Waals surface area contributed by atoms with Gasteiger partial charge in [0.25, 0.3) is 0 Å². The summed E-state index contributed by atoms with van der Waals surface area (Å²) in [6.07, 6.45) is 8.26. The van der Waals surface area contributed by atoms with E-state index in [9.17, 15) is 14.0 Å². The molecule has 0 saturated heterocycles. The quantitative estimate of drug-likeness (QED) is 0.118. The zero-order valence-electron chi connectivity index (χ0n) is 29.8. The molecule has 2 amide bonds. The summed E-state index contributed by atoms with van der Waals surface area (Å²) in [6.45, 7) is 4.93. The molecule has 5 aromatic rings. The van der Waals surface area contributed by atoms with Crippen LogP contribution in [0.5, 0.6) is 11.5 Å². The number of hydrogen-bond acceptors (Lipinski definition) is 5. The fourth-order valence-electron chi connectivity index (χ4n) is 7.28. The monoisotopic (exact) mass is 719 g/mol. The lowest BCUT2D eigenvalue weighted by Gasteiger charge is -2.29. The Morgan fingerprint density at radius 2 is 1.51 bits per heavy atom. The number of ether oxygens (including phenoxy) is 2. The van der Waals surface area contributed by atoms with Crippen molar-refractivity contribution < 1.29 is 30.7 Å². The molecule has 0 radical (unpaired) electrons. The fourth-order valence-corrected chi connectivity index (χ4v) is 7.28. The van der Waals surface area contributed by atoms with Crippen molar-refractivity contribution in [1.29, 1.82) is 0 Å². The van der Waals surface area contributed by atoms with E-state index >= 15 is 4.39 Å². The highest BCUT2D eigenvalue weighted by atomic mass is 19.1. The van der Waals surface area contributed by atoms with E-state index in [-0.39, 0.29) is 15.0 Å². The zero-order valence-corrected chi connectivity index (χ0v) is 29.8. The number of aromatic nitrogens is 1. The third kappa shape index (κ3) is 8.25. The van der Waals surface area contributed by atoms with Gasteiger partial charge in [0.2, 0.25) is 11.8 Å². The molecule has 0 unspecified atom stereocenters. The number of halogens is 2. The zero-order chi connectivity index (χ0) is 37.0. The summed E-state index contributed by atoms with van der Waals surface area (Å²) < 4.78 is 40.9. The number of nitrogens with one attached hydrogen (secondary N) is 2. The number of fused-ring (bicyclic) bond motifs is 1. The predicted molar refractivity (Wildman–Crippen MR) is 208 cm³/mol. The number of benzene rings is 4. The summed E-state index contributed by atoms with van der Waals surface area (Å²) in [4.78, 5) is 30.7. The summed E-state index contributed by atoms with van der Waals surface area (Å²) in [6, 6.07) is 25.9. The number of carbonyl (C=O) groups is 2. The molecule has 1 heterocycles. The van der Waals surface area contributed by atoms with Crippen LogP contribution in [0.4, 0.5) is 20.2 Å². The molecule has 2 fully saturated rings. The van der Waals surface area contributed by atoms with Crippen molar-refractivity contribution in [2.24, 2.45) is 17.3 Å². The largest absolute Gasteiger partial charge is 0.493 e. The number of hydrogen-bond donors (Lipinski definition) is 2. The second kappa shape index (κ2) is 15.6. The second-order valence-corrected chi connectivity index (χ2v) is 14.3. The number of pyridine rings is 1. The molecule has 7 rings (SSSR count). The van der Waals surface area contributed by atoms with Crippen molar-refractivity contribution in [1.82, 2.24) is 4.98 Å². The molecule has 0 aliphatic heterocycles. The van der Waals surface area contributed by atoms with Gasteiger partial charge in [0, 0.05) is 38.3 Å². The highest BCUT2D eigenvalue weighted by molar-refractivity contribution is 6.16. The molecule has 0 spiro atoms. The van der Waals surface area contributed by atoms with Crippen LogP contribution in [0.1, 0.15) is 64.5 Å². The molecule has 2 N–H and O–H groups in total. The molecule has 0 bridgehead atoms. The lowest BCUT2D eigenvalue weighted by Crippen LogP contribution is -2.35. The van der Waals surface area contributed by atoms with Gasteiger partial charge < -0.3 is 20.1 Å². The van der Waals surface area contributed by atoms with Crippen LogP contribution in [0, 0.1) is 28.9 Å². The number of methoxy groups -OCH3 is 1. The summed E-state index contributed by atoms with van der Waals surface area (Å²) in [5.41, 5.74) is 3.85. The van der Waals surface area contributed by atoms with Crippen LogP contribution in [0.3, 0.4) is 0 Å². The van der Waals surface area contributed by atoms with E-state index in [4.69, 9.17) is 9.47 Å². The van der Waals surface area contributed by atoms with Crippen LogP contribution in [-0.4, -0.2) is 30.5 Å². The molecule has 7 nitrogen and oxygen atoms in total. The number of rotatable bonds is 13. The molecule has 0 atom stereocenters. The standard InChI is InChI=1S/C44H43F2N3O4.2H2/c1-28(31-6-4-3-5-7-31)22-29-8-10-30(11-9-29)27-53-41-26-39-37(25-40(41)52-2)32(18-21-47-39)23-33-12-15-36(24-38(33)46)49-43(51)44(19-20-44)42(50)48-35-16-13-34(45)14-17-35;;/h3-7,12-18,21,24-26,29-30H,1,8-11,19-20,22-23,27H2,2H3,(H,48,50)(H,49,51);2*1H. The van der Waals surface area contributed by atoms with Crippen LogP contribution < -0.4 is 20.1 Å². The van der Waals surface area contributed by atoms with E-state index in [1.54, 1.807) is 25.4 Å². The van der Waals surface area contributed by atoms with Gasteiger partial charge in [-0.1, -0.05) is 43.0 Å². The van der Waals surface area contributed by atoms with Crippen molar-refractivity contribution in [3.63, 3.8) is 0 Å². The normalized spacial score (nSPS) is 17.5. The first-order chi connectivity index (χ1) is 25.7. The maximum atomic E-state index is 15.5. The van der Waals surface area contributed by atoms with Crippen LogP contribution in [-0.2, 0) is 16.0 Å². The summed E-state index contributed by atoms with van der Waals surface area (Å²) in [5, 5.41) is 6.22. The third-order valence-corrected chi connectivity index (χ3v) is 10.7. The third-order valence-electron chi connectivity index (χ3n) is 10.7. The second-order valence-electron chi connectivity index (χ2n) is 14.3. The van der Waals surface area contributed by atoms with Crippen molar-refractivity contribution in [2.75, 3.05) is 24.4 Å². The number of anilines is 2. The molecule has 9 heteroatoms. The highest BCUT2D eigenvalue weighted by Crippen LogP contribution is 2.47. The first-order valence-corrected chi connectivity index (χ1v) is 18.2. The average Bonchev–Trinajstić information content (AvgIpc) is 3.99. The van der Waals surface area contributed by atoms with Crippen LogP contribution in [0.25, 0.3) is 16.5 Å². The summed E-state index contributed by atoms with van der Waals surface area (Å²) >= 11 is 0. The lowest BCUT2D eigenvalue weighted by molar-refractivity contribution is -0.131. The minimum Gasteiger partial charge on any atom is -0.493 e. The Labute approximate surface area is 311 Å². The molecular weight excluding hydrogens is 672 g/mol. The van der Waals surface area contributed by atoms with Crippen molar-refractivity contribution in [3.05, 3.63) is 132 Å². The Kier molecular flexibility index (Phi) is 10.5. The number of carbonyl (C=O) groups excluding carboxylic acids is 2. The van der Waals surface area contributed by atoms with Crippen LogP contribution >= 0.6 is 0 Å². The van der Waals surface area contributed by atoms with Crippen LogP contribution in [0.2, 0.25) is 0 Å². The smallest absolute Gasteiger partial charge is 0.240 e. The molecule has 53 heavy (non-hydrogen) atoms. The topological polar surface area (TPSA) is 89.5 Å². The van der Waals surface area contributed by atoms with Gasteiger partial charge in [-0.25, -0.2) is 8.78 Å².